The number of nitrogens with one attached hydrogen (secondary N) is 1. The molecule has 2 rings (SSSR count). The van der Waals surface area contributed by atoms with Gasteiger partial charge in [0.1, 0.15) is 5.41 Å². The summed E-state index contributed by atoms with van der Waals surface area (Å²) in [5.41, 5.74) is 5.00. The second kappa shape index (κ2) is 7.26. The number of oxime groups is 1. The lowest BCUT2D eigenvalue weighted by molar-refractivity contribution is -0.128. The molecule has 1 saturated carbocycles. The summed E-state index contributed by atoms with van der Waals surface area (Å²) in [6.45, 7) is 0.456. The lowest BCUT2D eigenvalue weighted by atomic mass is 9.78. The van der Waals surface area contributed by atoms with Crippen molar-refractivity contribution in [2.45, 2.75) is 45.1 Å². The van der Waals surface area contributed by atoms with Crippen LogP contribution in [0.3, 0.4) is 0 Å². The molecule has 4 N–H and O–H groups in total. The summed E-state index contributed by atoms with van der Waals surface area (Å²) >= 11 is 5.03. The van der Waals surface area contributed by atoms with Crippen molar-refractivity contribution >= 4 is 39.0 Å². The van der Waals surface area contributed by atoms with Gasteiger partial charge < -0.3 is 16.3 Å². The highest BCUT2D eigenvalue weighted by molar-refractivity contribution is 9.10. The smallest absolute Gasteiger partial charge is 0.234 e. The molecule has 0 atom stereocenters. The molecule has 1 aliphatic rings. The molecule has 0 aliphatic heterocycles. The first-order valence-electron chi connectivity index (χ1n) is 7.08. The van der Waals surface area contributed by atoms with Crippen molar-refractivity contribution in [1.82, 2.24) is 5.32 Å². The van der Waals surface area contributed by atoms with Gasteiger partial charge in [0, 0.05) is 9.35 Å². The average molecular weight is 374 g/mol. The van der Waals surface area contributed by atoms with Crippen molar-refractivity contribution < 1.29 is 10.0 Å². The Balaban J connectivity index is 2.12. The first kappa shape index (κ1) is 16.3. The molecule has 0 bridgehead atoms. The largest absolute Gasteiger partial charge is 0.409 e. The van der Waals surface area contributed by atoms with E-state index in [4.69, 9.17) is 10.9 Å². The average Bonchev–Trinajstić information content (AvgIpc) is 2.76. The Morgan fingerprint density at radius 1 is 1.43 bits per heavy atom. The van der Waals surface area contributed by atoms with E-state index < -0.39 is 5.41 Å². The van der Waals surface area contributed by atoms with Gasteiger partial charge in [-0.25, -0.2) is 0 Å². The Kier molecular flexibility index (Phi) is 5.64. The number of amidine groups is 1. The Hall–Kier alpha value is -1.08. The van der Waals surface area contributed by atoms with Crippen molar-refractivity contribution in [3.05, 3.63) is 20.8 Å². The molecule has 0 saturated heterocycles. The van der Waals surface area contributed by atoms with E-state index in [2.05, 4.69) is 26.4 Å². The Bertz CT molecular complexity index is 522. The number of rotatable bonds is 4. The standard InChI is InChI=1S/C14H20BrN3O2S/c15-10-5-8-21-11(10)9-17-13(19)14(12(16)18-20)6-3-1-2-4-7-14/h5,8,20H,1-4,6-7,9H2,(H2,16,18)(H,17,19). The fourth-order valence-corrected chi connectivity index (χ4v) is 4.24. The van der Waals surface area contributed by atoms with E-state index in [1.54, 1.807) is 11.3 Å². The van der Waals surface area contributed by atoms with Gasteiger partial charge in [-0.3, -0.25) is 4.79 Å². The summed E-state index contributed by atoms with van der Waals surface area (Å²) in [5.74, 6) is -0.104. The van der Waals surface area contributed by atoms with E-state index in [0.717, 1.165) is 35.0 Å². The molecule has 0 radical (unpaired) electrons. The molecule has 0 aromatic carbocycles. The Morgan fingerprint density at radius 3 is 2.62 bits per heavy atom. The first-order valence-corrected chi connectivity index (χ1v) is 8.75. The predicted octanol–water partition coefficient (Wildman–Crippen LogP) is 3.21. The highest BCUT2D eigenvalue weighted by Gasteiger charge is 2.42. The van der Waals surface area contributed by atoms with Crippen LogP contribution >= 0.6 is 27.3 Å². The van der Waals surface area contributed by atoms with Crippen LogP contribution in [0.15, 0.2) is 21.1 Å². The zero-order chi connectivity index (χ0) is 15.3. The van der Waals surface area contributed by atoms with Crippen LogP contribution in [-0.2, 0) is 11.3 Å². The van der Waals surface area contributed by atoms with Gasteiger partial charge >= 0.3 is 0 Å². The molecule has 116 valence electrons. The maximum absolute atomic E-state index is 12.7. The topological polar surface area (TPSA) is 87.7 Å². The molecule has 0 unspecified atom stereocenters. The monoisotopic (exact) mass is 373 g/mol. The van der Waals surface area contributed by atoms with Gasteiger partial charge in [0.05, 0.1) is 6.54 Å². The number of nitrogens with two attached hydrogens (primary N) is 1. The van der Waals surface area contributed by atoms with Gasteiger partial charge in [-0.05, 0) is 40.2 Å². The van der Waals surface area contributed by atoms with E-state index in [1.807, 2.05) is 11.4 Å². The fourth-order valence-electron chi connectivity index (χ4n) is 2.81. The Morgan fingerprint density at radius 2 is 2.10 bits per heavy atom. The zero-order valence-corrected chi connectivity index (χ0v) is 14.2. The number of carbonyl (C=O) groups is 1. The summed E-state index contributed by atoms with van der Waals surface area (Å²) in [6.07, 6.45) is 5.30. The van der Waals surface area contributed by atoms with Gasteiger partial charge in [0.15, 0.2) is 5.84 Å². The van der Waals surface area contributed by atoms with Crippen LogP contribution in [0, 0.1) is 5.41 Å². The first-order chi connectivity index (χ1) is 10.1. The van der Waals surface area contributed by atoms with E-state index in [9.17, 15) is 4.79 Å². The van der Waals surface area contributed by atoms with Crippen LogP contribution in [0.2, 0.25) is 0 Å². The molecule has 1 amide bonds. The summed E-state index contributed by atoms with van der Waals surface area (Å²) in [6, 6.07) is 1.96. The predicted molar refractivity (Wildman–Crippen MR) is 87.4 cm³/mol. The fraction of sp³-hybridized carbons (Fsp3) is 0.571. The minimum atomic E-state index is -0.866. The number of nitrogens with zero attached hydrogens (tertiary/aromatic N) is 1. The zero-order valence-electron chi connectivity index (χ0n) is 11.8. The summed E-state index contributed by atoms with van der Waals surface area (Å²) in [7, 11) is 0. The van der Waals surface area contributed by atoms with Gasteiger partial charge in [-0.1, -0.05) is 30.8 Å². The lowest BCUT2D eigenvalue weighted by Gasteiger charge is -2.29. The van der Waals surface area contributed by atoms with Crippen LogP contribution in [-0.4, -0.2) is 17.0 Å². The molecule has 1 aliphatic carbocycles. The van der Waals surface area contributed by atoms with Gasteiger partial charge in [-0.2, -0.15) is 0 Å². The third-order valence-corrected chi connectivity index (χ3v) is 6.02. The van der Waals surface area contributed by atoms with Crippen molar-refractivity contribution in [2.75, 3.05) is 0 Å². The molecule has 7 heteroatoms. The molecule has 1 aromatic rings. The number of halogens is 1. The number of hydrogen-bond acceptors (Lipinski definition) is 4. The van der Waals surface area contributed by atoms with Crippen LogP contribution < -0.4 is 11.1 Å². The molecule has 5 nitrogen and oxygen atoms in total. The van der Waals surface area contributed by atoms with Crippen molar-refractivity contribution in [3.63, 3.8) is 0 Å². The molecular weight excluding hydrogens is 354 g/mol. The van der Waals surface area contributed by atoms with Crippen molar-refractivity contribution in [2.24, 2.45) is 16.3 Å². The molecule has 21 heavy (non-hydrogen) atoms. The number of carbonyl (C=O) groups excluding carboxylic acids is 1. The molecule has 1 aromatic heterocycles. The molecule has 1 heterocycles. The highest BCUT2D eigenvalue weighted by Crippen LogP contribution is 2.36. The third kappa shape index (κ3) is 3.58. The molecule has 0 spiro atoms. The summed E-state index contributed by atoms with van der Waals surface area (Å²) in [5, 5.41) is 17.1. The van der Waals surface area contributed by atoms with Crippen molar-refractivity contribution in [3.8, 4) is 0 Å². The minimum absolute atomic E-state index is 0.0344. The highest BCUT2D eigenvalue weighted by atomic mass is 79.9. The maximum Gasteiger partial charge on any atom is 0.234 e. The normalized spacial score (nSPS) is 19.0. The summed E-state index contributed by atoms with van der Waals surface area (Å²) < 4.78 is 0.992. The van der Waals surface area contributed by atoms with Gasteiger partial charge in [-0.15, -0.1) is 11.3 Å². The SMILES string of the molecule is N/C(=N/O)C1(C(=O)NCc2sccc2Br)CCCCCC1. The second-order valence-electron chi connectivity index (χ2n) is 5.36. The van der Waals surface area contributed by atoms with Crippen LogP contribution in [0.1, 0.15) is 43.4 Å². The van der Waals surface area contributed by atoms with Crippen LogP contribution in [0.5, 0.6) is 0 Å². The van der Waals surface area contributed by atoms with Gasteiger partial charge in [0.25, 0.3) is 0 Å². The van der Waals surface area contributed by atoms with Crippen LogP contribution in [0.4, 0.5) is 0 Å². The minimum Gasteiger partial charge on any atom is -0.409 e. The Labute approximate surface area is 136 Å². The number of amides is 1. The molecular formula is C14H20BrN3O2S. The lowest BCUT2D eigenvalue weighted by Crippen LogP contribution is -2.49. The van der Waals surface area contributed by atoms with Crippen LogP contribution in [0.25, 0.3) is 0 Å². The quantitative estimate of drug-likeness (QED) is 0.249. The number of thiophene rings is 1. The third-order valence-electron chi connectivity index (χ3n) is 4.09. The van der Waals surface area contributed by atoms with E-state index in [-0.39, 0.29) is 11.7 Å². The van der Waals surface area contributed by atoms with Gasteiger partial charge in [0.2, 0.25) is 5.91 Å². The van der Waals surface area contributed by atoms with Crippen molar-refractivity contribution in [1.29, 1.82) is 0 Å². The van der Waals surface area contributed by atoms with E-state index in [0.29, 0.717) is 19.4 Å². The second-order valence-corrected chi connectivity index (χ2v) is 7.21. The van der Waals surface area contributed by atoms with E-state index in [1.165, 1.54) is 0 Å². The number of hydrogen-bond donors (Lipinski definition) is 3. The maximum atomic E-state index is 12.7. The summed E-state index contributed by atoms with van der Waals surface area (Å²) in [4.78, 5) is 13.7. The van der Waals surface area contributed by atoms with E-state index >= 15 is 0 Å². The molecule has 1 fully saturated rings.